The average molecular weight is 341 g/mol. The Kier molecular flexibility index (Phi) is 15.2. The molecule has 24 heavy (non-hydrogen) atoms. The zero-order chi connectivity index (χ0) is 19.1. The van der Waals surface area contributed by atoms with Crippen molar-refractivity contribution in [2.75, 3.05) is 21.3 Å². The highest BCUT2D eigenvalue weighted by atomic mass is 16.5. The predicted molar refractivity (Wildman–Crippen MR) is 101 cm³/mol. The molecule has 0 saturated carbocycles. The summed E-state index contributed by atoms with van der Waals surface area (Å²) in [6.07, 6.45) is 2.27. The van der Waals surface area contributed by atoms with Crippen LogP contribution in [0.25, 0.3) is 0 Å². The molecule has 4 heteroatoms. The van der Waals surface area contributed by atoms with Crippen molar-refractivity contribution in [2.45, 2.75) is 60.8 Å². The maximum absolute atomic E-state index is 11.9. The van der Waals surface area contributed by atoms with Crippen LogP contribution in [-0.2, 0) is 16.0 Å². The number of hydrogen-bond acceptors (Lipinski definition) is 4. The quantitative estimate of drug-likeness (QED) is 0.640. The Labute approximate surface area is 148 Å². The molecule has 0 N–H and O–H groups in total. The fourth-order valence-corrected chi connectivity index (χ4v) is 2.38. The van der Waals surface area contributed by atoms with E-state index in [9.17, 15) is 4.79 Å². The first kappa shape index (κ1) is 24.5. The third-order valence-electron chi connectivity index (χ3n) is 3.37. The van der Waals surface area contributed by atoms with Crippen LogP contribution in [0.1, 0.15) is 58.6 Å². The van der Waals surface area contributed by atoms with E-state index in [0.717, 1.165) is 35.5 Å². The minimum Gasteiger partial charge on any atom is -0.496 e. The van der Waals surface area contributed by atoms with Gasteiger partial charge in [-0.1, -0.05) is 41.0 Å². The topological polar surface area (TPSA) is 44.8 Å². The van der Waals surface area contributed by atoms with Crippen LogP contribution >= 0.6 is 0 Å². The van der Waals surface area contributed by atoms with E-state index >= 15 is 0 Å². The Balaban J connectivity index is 0. The molecule has 1 atom stereocenters. The van der Waals surface area contributed by atoms with Crippen molar-refractivity contribution in [3.63, 3.8) is 0 Å². The molecule has 140 valence electrons. The monoisotopic (exact) mass is 340 g/mol. The smallest absolute Gasteiger partial charge is 0.308 e. The van der Waals surface area contributed by atoms with Gasteiger partial charge in [-0.3, -0.25) is 4.79 Å². The third-order valence-corrected chi connectivity index (χ3v) is 3.37. The molecule has 0 radical (unpaired) electrons. The molecule has 0 saturated heterocycles. The molecule has 0 aromatic heterocycles. The van der Waals surface area contributed by atoms with Crippen LogP contribution in [0, 0.1) is 12.8 Å². The van der Waals surface area contributed by atoms with Crippen LogP contribution in [0.5, 0.6) is 11.5 Å². The molecule has 4 nitrogen and oxygen atoms in total. The van der Waals surface area contributed by atoms with Crippen LogP contribution < -0.4 is 9.47 Å². The summed E-state index contributed by atoms with van der Waals surface area (Å²) in [6.45, 7) is 12.0. The molecule has 0 spiro atoms. The molecule has 0 bridgehead atoms. The van der Waals surface area contributed by atoms with E-state index in [0.29, 0.717) is 6.42 Å². The van der Waals surface area contributed by atoms with Crippen LogP contribution in [0.15, 0.2) is 12.1 Å². The van der Waals surface area contributed by atoms with Gasteiger partial charge in [0.25, 0.3) is 0 Å². The van der Waals surface area contributed by atoms with Gasteiger partial charge in [-0.05, 0) is 37.5 Å². The number of carbonyl (C=O) groups is 1. The third kappa shape index (κ3) is 7.71. The molecule has 0 aliphatic carbocycles. The first-order valence-corrected chi connectivity index (χ1v) is 8.86. The first-order valence-electron chi connectivity index (χ1n) is 8.86. The van der Waals surface area contributed by atoms with Crippen LogP contribution in [0.3, 0.4) is 0 Å². The fraction of sp³-hybridized carbons (Fsp3) is 0.650. The molecule has 1 aromatic carbocycles. The van der Waals surface area contributed by atoms with Crippen LogP contribution in [-0.4, -0.2) is 27.3 Å². The molecule has 1 rings (SSSR count). The van der Waals surface area contributed by atoms with Gasteiger partial charge in [0.15, 0.2) is 0 Å². The second-order valence-corrected chi connectivity index (χ2v) is 4.86. The highest BCUT2D eigenvalue weighted by Gasteiger charge is 2.23. The second-order valence-electron chi connectivity index (χ2n) is 4.86. The zero-order valence-electron chi connectivity index (χ0n) is 17.0. The number of ether oxygens (including phenoxy) is 3. The average Bonchev–Trinajstić information content (AvgIpc) is 2.64. The van der Waals surface area contributed by atoms with Crippen molar-refractivity contribution in [1.29, 1.82) is 0 Å². The van der Waals surface area contributed by atoms with Crippen molar-refractivity contribution in [2.24, 2.45) is 5.92 Å². The number of rotatable bonds is 7. The maximum atomic E-state index is 11.9. The molecular weight excluding hydrogens is 304 g/mol. The van der Waals surface area contributed by atoms with E-state index in [4.69, 9.17) is 14.2 Å². The molecule has 0 heterocycles. The SMILES string of the molecule is CC.CC.CCCC(Cc1c(OC)cc(C)cc1OC)C(=O)OC. The van der Waals surface area contributed by atoms with Gasteiger partial charge in [0.05, 0.1) is 27.2 Å². The van der Waals surface area contributed by atoms with Gasteiger partial charge in [-0.15, -0.1) is 0 Å². The van der Waals surface area contributed by atoms with Gasteiger partial charge in [-0.2, -0.15) is 0 Å². The van der Waals surface area contributed by atoms with Gasteiger partial charge in [-0.25, -0.2) is 0 Å². The van der Waals surface area contributed by atoms with Gasteiger partial charge < -0.3 is 14.2 Å². The van der Waals surface area contributed by atoms with Gasteiger partial charge in [0, 0.05) is 5.56 Å². The second kappa shape index (κ2) is 14.9. The Morgan fingerprint density at radius 3 is 1.79 bits per heavy atom. The number of esters is 1. The summed E-state index contributed by atoms with van der Waals surface area (Å²) in [5.41, 5.74) is 1.98. The van der Waals surface area contributed by atoms with E-state index in [1.165, 1.54) is 7.11 Å². The summed E-state index contributed by atoms with van der Waals surface area (Å²) in [5, 5.41) is 0. The number of benzene rings is 1. The minimum atomic E-state index is -0.184. The lowest BCUT2D eigenvalue weighted by molar-refractivity contribution is -0.145. The summed E-state index contributed by atoms with van der Waals surface area (Å²) >= 11 is 0. The largest absolute Gasteiger partial charge is 0.496 e. The van der Waals surface area contributed by atoms with Crippen LogP contribution in [0.2, 0.25) is 0 Å². The number of carbonyl (C=O) groups excluding carboxylic acids is 1. The lowest BCUT2D eigenvalue weighted by Gasteiger charge is -2.19. The number of methoxy groups -OCH3 is 3. The molecule has 1 aromatic rings. The first-order chi connectivity index (χ1) is 11.6. The Hall–Kier alpha value is -1.71. The van der Waals surface area contributed by atoms with E-state index < -0.39 is 0 Å². The molecular formula is C20H36O4. The van der Waals surface area contributed by atoms with Crippen molar-refractivity contribution < 1.29 is 19.0 Å². The van der Waals surface area contributed by atoms with Crippen molar-refractivity contribution in [3.05, 3.63) is 23.3 Å². The van der Waals surface area contributed by atoms with E-state index in [1.807, 2.05) is 46.8 Å². The molecule has 0 fully saturated rings. The standard InChI is InChI=1S/C16H24O4.2C2H6/c1-6-7-12(16(17)20-5)10-13-14(18-3)8-11(2)9-15(13)19-4;2*1-2/h8-9,12H,6-7,10H2,1-5H3;2*1-2H3. The highest BCUT2D eigenvalue weighted by molar-refractivity contribution is 5.73. The van der Waals surface area contributed by atoms with Crippen molar-refractivity contribution in [1.82, 2.24) is 0 Å². The van der Waals surface area contributed by atoms with E-state index in [-0.39, 0.29) is 11.9 Å². The minimum absolute atomic E-state index is 0.171. The summed E-state index contributed by atoms with van der Waals surface area (Å²) in [6, 6.07) is 3.91. The summed E-state index contributed by atoms with van der Waals surface area (Å²) in [5.74, 6) is 1.16. The van der Waals surface area contributed by atoms with Crippen molar-refractivity contribution in [3.8, 4) is 11.5 Å². The Morgan fingerprint density at radius 2 is 1.46 bits per heavy atom. The van der Waals surface area contributed by atoms with Crippen LogP contribution in [0.4, 0.5) is 0 Å². The number of aryl methyl sites for hydroxylation is 1. The number of hydrogen-bond donors (Lipinski definition) is 0. The normalized spacial score (nSPS) is 10.4. The lowest BCUT2D eigenvalue weighted by Crippen LogP contribution is -2.19. The highest BCUT2D eigenvalue weighted by Crippen LogP contribution is 2.33. The van der Waals surface area contributed by atoms with Gasteiger partial charge in [0.1, 0.15) is 11.5 Å². The Bertz CT molecular complexity index is 430. The van der Waals surface area contributed by atoms with Crippen molar-refractivity contribution >= 4 is 5.97 Å². The molecule has 1 unspecified atom stereocenters. The fourth-order valence-electron chi connectivity index (χ4n) is 2.38. The van der Waals surface area contributed by atoms with E-state index in [2.05, 4.69) is 6.92 Å². The molecule has 0 amide bonds. The summed E-state index contributed by atoms with van der Waals surface area (Å²) < 4.78 is 15.7. The van der Waals surface area contributed by atoms with E-state index in [1.54, 1.807) is 14.2 Å². The predicted octanol–water partition coefficient (Wildman–Crippen LogP) is 5.20. The van der Waals surface area contributed by atoms with Gasteiger partial charge >= 0.3 is 5.97 Å². The molecule has 0 aliphatic heterocycles. The molecule has 0 aliphatic rings. The summed E-state index contributed by atoms with van der Waals surface area (Å²) in [7, 11) is 4.68. The maximum Gasteiger partial charge on any atom is 0.308 e. The summed E-state index contributed by atoms with van der Waals surface area (Å²) in [4.78, 5) is 11.9. The lowest BCUT2D eigenvalue weighted by atomic mass is 9.93. The Morgan fingerprint density at radius 1 is 1.00 bits per heavy atom. The zero-order valence-corrected chi connectivity index (χ0v) is 17.0. The van der Waals surface area contributed by atoms with Gasteiger partial charge in [0.2, 0.25) is 0 Å².